The fourth-order valence-corrected chi connectivity index (χ4v) is 0.342. The summed E-state index contributed by atoms with van der Waals surface area (Å²) in [7, 11) is 0. The van der Waals surface area contributed by atoms with Crippen LogP contribution < -0.4 is 0 Å². The molecule has 0 N–H and O–H groups in total. The fourth-order valence-electron chi connectivity index (χ4n) is 0.342. The summed E-state index contributed by atoms with van der Waals surface area (Å²) < 4.78 is 0. The molecule has 0 aliphatic heterocycles. The maximum atomic E-state index is 5.25. The molecule has 0 amide bonds. The molecule has 0 saturated heterocycles. The SMILES string of the molecule is [C-]#C.[Pd+2].[c-]1ccccc1. The first-order valence-corrected chi connectivity index (χ1v) is 2.20. The maximum Gasteiger partial charge on any atom is 2.00 e. The van der Waals surface area contributed by atoms with Gasteiger partial charge in [0.05, 0.1) is 0 Å². The summed E-state index contributed by atoms with van der Waals surface area (Å²) in [5, 5.41) is 0. The Kier molecular flexibility index (Phi) is 13.1. The Labute approximate surface area is 69.9 Å². The molecule has 0 fully saturated rings. The summed E-state index contributed by atoms with van der Waals surface area (Å²) in [5.74, 6) is 0. The average molecular weight is 209 g/mol. The monoisotopic (exact) mass is 208 g/mol. The first kappa shape index (κ1) is 11.3. The van der Waals surface area contributed by atoms with Crippen LogP contribution in [-0.2, 0) is 20.4 Å². The van der Waals surface area contributed by atoms with Crippen molar-refractivity contribution in [3.63, 3.8) is 0 Å². The van der Waals surface area contributed by atoms with E-state index >= 15 is 0 Å². The number of terminal acetylenes is 1. The Hall–Kier alpha value is -0.558. The summed E-state index contributed by atoms with van der Waals surface area (Å²) in [6.07, 6.45) is 9.00. The summed E-state index contributed by atoms with van der Waals surface area (Å²) in [5.41, 5.74) is 0. The van der Waals surface area contributed by atoms with Gasteiger partial charge in [0.15, 0.2) is 0 Å². The second-order valence-corrected chi connectivity index (χ2v) is 1.08. The molecular formula is C8H6Pd. The molecular weight excluding hydrogens is 203 g/mol. The third kappa shape index (κ3) is 7.44. The van der Waals surface area contributed by atoms with Gasteiger partial charge >= 0.3 is 20.4 Å². The number of hydrogen-bond donors (Lipinski definition) is 0. The van der Waals surface area contributed by atoms with Gasteiger partial charge in [0.2, 0.25) is 0 Å². The second kappa shape index (κ2) is 10.4. The van der Waals surface area contributed by atoms with E-state index in [0.29, 0.717) is 0 Å². The van der Waals surface area contributed by atoms with Gasteiger partial charge in [-0.1, -0.05) is 0 Å². The predicted octanol–water partition coefficient (Wildman–Crippen LogP) is 1.69. The van der Waals surface area contributed by atoms with E-state index in [9.17, 15) is 0 Å². The van der Waals surface area contributed by atoms with E-state index in [-0.39, 0.29) is 20.4 Å². The molecule has 0 spiro atoms. The number of rotatable bonds is 0. The van der Waals surface area contributed by atoms with Crippen LogP contribution in [0.4, 0.5) is 0 Å². The standard InChI is InChI=1S/C6H5.C2H.Pd/c1-2-4-6-5-3-1;1-2;/h1-5H;1H;/q2*-1;+2. The molecule has 0 heterocycles. The van der Waals surface area contributed by atoms with Gasteiger partial charge in [-0.2, -0.15) is 36.4 Å². The molecule has 0 radical (unpaired) electrons. The maximum absolute atomic E-state index is 5.25. The van der Waals surface area contributed by atoms with Crippen LogP contribution in [0.2, 0.25) is 0 Å². The Morgan fingerprint density at radius 1 is 1.00 bits per heavy atom. The van der Waals surface area contributed by atoms with E-state index in [1.807, 2.05) is 30.3 Å². The Morgan fingerprint density at radius 2 is 1.44 bits per heavy atom. The van der Waals surface area contributed by atoms with Crippen molar-refractivity contribution in [3.05, 3.63) is 42.8 Å². The molecule has 9 heavy (non-hydrogen) atoms. The van der Waals surface area contributed by atoms with E-state index in [0.717, 1.165) is 0 Å². The molecule has 0 nitrogen and oxygen atoms in total. The summed E-state index contributed by atoms with van der Waals surface area (Å²) >= 11 is 0. The van der Waals surface area contributed by atoms with Crippen LogP contribution in [0, 0.1) is 18.9 Å². The molecule has 0 saturated carbocycles. The molecule has 0 aliphatic rings. The molecule has 1 aromatic carbocycles. The number of benzene rings is 1. The molecule has 48 valence electrons. The van der Waals surface area contributed by atoms with Gasteiger partial charge in [0.25, 0.3) is 0 Å². The van der Waals surface area contributed by atoms with Gasteiger partial charge in [-0.3, -0.25) is 0 Å². The topological polar surface area (TPSA) is 0 Å². The molecule has 0 atom stereocenters. The van der Waals surface area contributed by atoms with Gasteiger partial charge < -0.3 is 12.8 Å². The molecule has 0 bridgehead atoms. The first-order valence-electron chi connectivity index (χ1n) is 2.20. The number of hydrogen-bond acceptors (Lipinski definition) is 0. The van der Waals surface area contributed by atoms with Crippen molar-refractivity contribution in [1.82, 2.24) is 0 Å². The largest absolute Gasteiger partial charge is 2.00 e. The zero-order valence-electron chi connectivity index (χ0n) is 4.78. The minimum Gasteiger partial charge on any atom is -0.697 e. The van der Waals surface area contributed by atoms with Crippen molar-refractivity contribution in [2.75, 3.05) is 0 Å². The van der Waals surface area contributed by atoms with Crippen LogP contribution in [0.25, 0.3) is 0 Å². The van der Waals surface area contributed by atoms with E-state index < -0.39 is 0 Å². The Bertz CT molecular complexity index is 105. The predicted molar refractivity (Wildman–Crippen MR) is 33.5 cm³/mol. The molecule has 0 aromatic heterocycles. The third-order valence-corrected chi connectivity index (χ3v) is 0.607. The van der Waals surface area contributed by atoms with Gasteiger partial charge in [-0.25, -0.2) is 0 Å². The average Bonchev–Trinajstić information content (AvgIpc) is 1.96. The minimum absolute atomic E-state index is 0. The van der Waals surface area contributed by atoms with Crippen LogP contribution in [0.15, 0.2) is 30.3 Å². The van der Waals surface area contributed by atoms with Gasteiger partial charge in [-0.05, 0) is 0 Å². The van der Waals surface area contributed by atoms with Crippen molar-refractivity contribution >= 4 is 0 Å². The van der Waals surface area contributed by atoms with E-state index in [1.54, 1.807) is 0 Å². The van der Waals surface area contributed by atoms with E-state index in [2.05, 4.69) is 12.5 Å². The van der Waals surface area contributed by atoms with E-state index in [1.165, 1.54) is 0 Å². The quantitative estimate of drug-likeness (QED) is 0.346. The minimum atomic E-state index is 0. The van der Waals surface area contributed by atoms with Gasteiger partial charge in [0.1, 0.15) is 0 Å². The molecule has 1 heteroatoms. The second-order valence-electron chi connectivity index (χ2n) is 1.08. The van der Waals surface area contributed by atoms with Crippen LogP contribution in [0.5, 0.6) is 0 Å². The van der Waals surface area contributed by atoms with Gasteiger partial charge in [0, 0.05) is 0 Å². The Balaban J connectivity index is 0. The van der Waals surface area contributed by atoms with Crippen LogP contribution >= 0.6 is 0 Å². The smallest absolute Gasteiger partial charge is 0.697 e. The summed E-state index contributed by atoms with van der Waals surface area (Å²) in [4.78, 5) is 0. The molecule has 0 aliphatic carbocycles. The van der Waals surface area contributed by atoms with Crippen molar-refractivity contribution in [2.24, 2.45) is 0 Å². The van der Waals surface area contributed by atoms with Crippen molar-refractivity contribution in [3.8, 4) is 6.42 Å². The zero-order valence-corrected chi connectivity index (χ0v) is 6.33. The third-order valence-electron chi connectivity index (χ3n) is 0.607. The van der Waals surface area contributed by atoms with Crippen LogP contribution in [0.3, 0.4) is 0 Å². The van der Waals surface area contributed by atoms with Crippen molar-refractivity contribution in [2.45, 2.75) is 0 Å². The van der Waals surface area contributed by atoms with Crippen LogP contribution in [-0.4, -0.2) is 0 Å². The van der Waals surface area contributed by atoms with E-state index in [4.69, 9.17) is 6.42 Å². The molecule has 1 rings (SSSR count). The van der Waals surface area contributed by atoms with Crippen molar-refractivity contribution < 1.29 is 20.4 Å². The normalized spacial score (nSPS) is 5.56. The van der Waals surface area contributed by atoms with Gasteiger partial charge in [-0.15, -0.1) is 0 Å². The van der Waals surface area contributed by atoms with Crippen LogP contribution in [0.1, 0.15) is 0 Å². The summed E-state index contributed by atoms with van der Waals surface area (Å²) in [6.45, 7) is 0. The van der Waals surface area contributed by atoms with Crippen molar-refractivity contribution in [1.29, 1.82) is 0 Å². The Morgan fingerprint density at radius 3 is 1.56 bits per heavy atom. The zero-order chi connectivity index (χ0) is 6.24. The summed E-state index contributed by atoms with van der Waals surface area (Å²) in [6, 6.07) is 12.5. The molecule has 1 aromatic rings. The molecule has 0 unspecified atom stereocenters. The fraction of sp³-hybridized carbons (Fsp3) is 0. The first-order chi connectivity index (χ1) is 4.00.